The number of imide groups is 1. The number of amides is 2. The maximum Gasteiger partial charge on any atom is 0.262 e. The number of carbonyl (C=O) groups excluding carboxylic acids is 2. The van der Waals surface area contributed by atoms with Crippen LogP contribution in [-0.4, -0.2) is 38.5 Å². The third-order valence-corrected chi connectivity index (χ3v) is 5.44. The molecule has 0 atom stereocenters. The molecule has 5 rings (SSSR count). The Balaban J connectivity index is 1.88. The van der Waals surface area contributed by atoms with Gasteiger partial charge in [0.1, 0.15) is 5.69 Å². The van der Waals surface area contributed by atoms with Crippen molar-refractivity contribution in [2.75, 3.05) is 7.05 Å². The van der Waals surface area contributed by atoms with Crippen LogP contribution < -0.4 is 0 Å². The summed E-state index contributed by atoms with van der Waals surface area (Å²) in [6.45, 7) is 0. The van der Waals surface area contributed by atoms with Crippen LogP contribution in [0.2, 0.25) is 10.0 Å². The second-order valence-electron chi connectivity index (χ2n) is 6.66. The maximum absolute atomic E-state index is 12.9. The SMILES string of the molecule is CN1C(=O)c2cnc3c(c(-c4ccc(Cl)cc4)nn3-c3ccc(Cl)cc3)c2C1=O. The van der Waals surface area contributed by atoms with E-state index in [-0.39, 0.29) is 17.4 Å². The van der Waals surface area contributed by atoms with Gasteiger partial charge in [0, 0.05) is 28.9 Å². The Morgan fingerprint density at radius 1 is 0.862 bits per heavy atom. The summed E-state index contributed by atoms with van der Waals surface area (Å²) < 4.78 is 1.64. The predicted octanol–water partition coefficient (Wildman–Crippen LogP) is 4.62. The molecule has 0 fully saturated rings. The fourth-order valence-corrected chi connectivity index (χ4v) is 3.73. The highest BCUT2D eigenvalue weighted by Gasteiger charge is 2.37. The van der Waals surface area contributed by atoms with Crippen molar-refractivity contribution in [3.8, 4) is 16.9 Å². The van der Waals surface area contributed by atoms with E-state index in [1.54, 1.807) is 28.9 Å². The lowest BCUT2D eigenvalue weighted by molar-refractivity contribution is 0.0693. The van der Waals surface area contributed by atoms with Crippen molar-refractivity contribution in [3.05, 3.63) is 75.9 Å². The zero-order chi connectivity index (χ0) is 20.3. The van der Waals surface area contributed by atoms with Crippen LogP contribution in [-0.2, 0) is 0 Å². The maximum atomic E-state index is 12.9. The minimum Gasteiger partial charge on any atom is -0.277 e. The summed E-state index contributed by atoms with van der Waals surface area (Å²) in [5.74, 6) is -0.746. The van der Waals surface area contributed by atoms with Crippen LogP contribution in [0.5, 0.6) is 0 Å². The summed E-state index contributed by atoms with van der Waals surface area (Å²) in [6, 6.07) is 14.3. The molecule has 142 valence electrons. The smallest absolute Gasteiger partial charge is 0.262 e. The quantitative estimate of drug-likeness (QED) is 0.442. The van der Waals surface area contributed by atoms with Crippen molar-refractivity contribution in [3.63, 3.8) is 0 Å². The first-order valence-electron chi connectivity index (χ1n) is 8.71. The van der Waals surface area contributed by atoms with Gasteiger partial charge in [-0.1, -0.05) is 35.3 Å². The molecule has 0 spiro atoms. The Morgan fingerprint density at radius 2 is 1.48 bits per heavy atom. The highest BCUT2D eigenvalue weighted by Crippen LogP contribution is 2.36. The summed E-state index contributed by atoms with van der Waals surface area (Å²) in [6.07, 6.45) is 1.43. The summed E-state index contributed by atoms with van der Waals surface area (Å²) >= 11 is 12.0. The van der Waals surface area contributed by atoms with Gasteiger partial charge in [0.05, 0.1) is 22.2 Å². The van der Waals surface area contributed by atoms with Gasteiger partial charge in [-0.25, -0.2) is 9.67 Å². The van der Waals surface area contributed by atoms with E-state index >= 15 is 0 Å². The first-order valence-corrected chi connectivity index (χ1v) is 9.47. The van der Waals surface area contributed by atoms with E-state index in [1.807, 2.05) is 24.3 Å². The highest BCUT2D eigenvalue weighted by molar-refractivity contribution is 6.31. The Bertz CT molecular complexity index is 1310. The van der Waals surface area contributed by atoms with E-state index < -0.39 is 0 Å². The van der Waals surface area contributed by atoms with Gasteiger partial charge in [-0.2, -0.15) is 5.10 Å². The first-order chi connectivity index (χ1) is 14.0. The molecule has 3 heterocycles. The number of fused-ring (bicyclic) bond motifs is 3. The van der Waals surface area contributed by atoms with Gasteiger partial charge >= 0.3 is 0 Å². The molecule has 2 aromatic carbocycles. The number of hydrogen-bond donors (Lipinski definition) is 0. The Hall–Kier alpha value is -3.22. The van der Waals surface area contributed by atoms with E-state index in [2.05, 4.69) is 4.98 Å². The van der Waals surface area contributed by atoms with Crippen LogP contribution in [0.1, 0.15) is 20.7 Å². The minimum absolute atomic E-state index is 0.274. The van der Waals surface area contributed by atoms with E-state index in [0.29, 0.717) is 32.3 Å². The van der Waals surface area contributed by atoms with Gasteiger partial charge in [-0.3, -0.25) is 14.5 Å². The molecule has 0 saturated carbocycles. The van der Waals surface area contributed by atoms with Gasteiger partial charge in [-0.15, -0.1) is 0 Å². The molecule has 0 N–H and O–H groups in total. The minimum atomic E-state index is -0.374. The van der Waals surface area contributed by atoms with Crippen LogP contribution in [0.25, 0.3) is 28.0 Å². The summed E-state index contributed by atoms with van der Waals surface area (Å²) in [4.78, 5) is 30.9. The van der Waals surface area contributed by atoms with Gasteiger partial charge in [0.15, 0.2) is 5.65 Å². The van der Waals surface area contributed by atoms with Gasteiger partial charge in [0.2, 0.25) is 0 Å². The Labute approximate surface area is 175 Å². The molecule has 4 aromatic rings. The molecular weight excluding hydrogens is 411 g/mol. The van der Waals surface area contributed by atoms with Gasteiger partial charge < -0.3 is 0 Å². The van der Waals surface area contributed by atoms with Crippen LogP contribution in [0, 0.1) is 0 Å². The molecule has 0 bridgehead atoms. The van der Waals surface area contributed by atoms with Gasteiger partial charge in [-0.05, 0) is 36.4 Å². The second-order valence-corrected chi connectivity index (χ2v) is 7.53. The number of pyridine rings is 1. The molecule has 2 aromatic heterocycles. The number of benzene rings is 2. The summed E-state index contributed by atoms with van der Waals surface area (Å²) in [5, 5.41) is 6.45. The largest absolute Gasteiger partial charge is 0.277 e. The first kappa shape index (κ1) is 17.8. The lowest BCUT2D eigenvalue weighted by Gasteiger charge is -2.04. The Kier molecular flexibility index (Phi) is 3.94. The molecule has 0 unspecified atom stereocenters. The number of nitrogens with zero attached hydrogens (tertiary/aromatic N) is 4. The van der Waals surface area contributed by atoms with Crippen molar-refractivity contribution < 1.29 is 9.59 Å². The number of aromatic nitrogens is 3. The fourth-order valence-electron chi connectivity index (χ4n) is 3.48. The van der Waals surface area contributed by atoms with Crippen LogP contribution >= 0.6 is 23.2 Å². The lowest BCUT2D eigenvalue weighted by Crippen LogP contribution is -2.24. The topological polar surface area (TPSA) is 68.1 Å². The number of rotatable bonds is 2. The average molecular weight is 423 g/mol. The fraction of sp³-hybridized carbons (Fsp3) is 0.0476. The number of halogens is 2. The normalized spacial score (nSPS) is 13.4. The van der Waals surface area contributed by atoms with Gasteiger partial charge in [0.25, 0.3) is 11.8 Å². The van der Waals surface area contributed by atoms with E-state index in [1.165, 1.54) is 13.2 Å². The number of hydrogen-bond acceptors (Lipinski definition) is 4. The summed E-state index contributed by atoms with van der Waals surface area (Å²) in [7, 11) is 1.46. The zero-order valence-electron chi connectivity index (χ0n) is 15.1. The summed E-state index contributed by atoms with van der Waals surface area (Å²) in [5.41, 5.74) is 3.11. The second kappa shape index (κ2) is 6.40. The third-order valence-electron chi connectivity index (χ3n) is 4.94. The van der Waals surface area contributed by atoms with Crippen LogP contribution in [0.15, 0.2) is 54.7 Å². The molecule has 0 radical (unpaired) electrons. The lowest BCUT2D eigenvalue weighted by atomic mass is 10.0. The van der Waals surface area contributed by atoms with Crippen LogP contribution in [0.3, 0.4) is 0 Å². The van der Waals surface area contributed by atoms with E-state index in [0.717, 1.165) is 16.2 Å². The molecule has 29 heavy (non-hydrogen) atoms. The number of carbonyl (C=O) groups is 2. The van der Waals surface area contributed by atoms with E-state index in [9.17, 15) is 9.59 Å². The predicted molar refractivity (Wildman–Crippen MR) is 111 cm³/mol. The molecular formula is C21H12Cl2N4O2. The van der Waals surface area contributed by atoms with Crippen molar-refractivity contribution >= 4 is 46.0 Å². The Morgan fingerprint density at radius 3 is 2.14 bits per heavy atom. The average Bonchev–Trinajstić information content (AvgIpc) is 3.21. The highest BCUT2D eigenvalue weighted by atomic mass is 35.5. The standard InChI is InChI=1S/C21H12Cl2N4O2/c1-26-20(28)15-10-24-19-17(16(15)21(26)29)18(11-2-4-12(22)5-3-11)25-27(19)14-8-6-13(23)7-9-14/h2-10H,1H3. The molecule has 8 heteroatoms. The van der Waals surface area contributed by atoms with Crippen molar-refractivity contribution in [1.82, 2.24) is 19.7 Å². The van der Waals surface area contributed by atoms with Crippen molar-refractivity contribution in [2.45, 2.75) is 0 Å². The molecule has 0 aliphatic carbocycles. The monoisotopic (exact) mass is 422 g/mol. The molecule has 1 aliphatic heterocycles. The molecule has 6 nitrogen and oxygen atoms in total. The zero-order valence-corrected chi connectivity index (χ0v) is 16.6. The molecule has 2 amide bonds. The molecule has 1 aliphatic rings. The molecule has 0 saturated heterocycles. The van der Waals surface area contributed by atoms with Crippen molar-refractivity contribution in [2.24, 2.45) is 0 Å². The van der Waals surface area contributed by atoms with Crippen molar-refractivity contribution in [1.29, 1.82) is 0 Å². The third kappa shape index (κ3) is 2.64. The van der Waals surface area contributed by atoms with E-state index in [4.69, 9.17) is 28.3 Å². The van der Waals surface area contributed by atoms with Crippen LogP contribution in [0.4, 0.5) is 0 Å².